The third kappa shape index (κ3) is 10.4. The molecule has 1 aliphatic rings. The highest BCUT2D eigenvalue weighted by Gasteiger charge is 2.54. The van der Waals surface area contributed by atoms with Gasteiger partial charge in [-0.15, -0.1) is 0 Å². The maximum absolute atomic E-state index is 11.7. The number of carbonyl (C=O) groups excluding carboxylic acids is 4. The molecule has 0 aromatic rings. The van der Waals surface area contributed by atoms with E-state index in [1.165, 1.54) is 34.1 Å². The molecule has 0 aromatic carbocycles. The van der Waals surface area contributed by atoms with Gasteiger partial charge >= 0.3 is 23.9 Å². The average molecular weight is 461 g/mol. The van der Waals surface area contributed by atoms with Crippen molar-refractivity contribution < 1.29 is 47.6 Å². The van der Waals surface area contributed by atoms with Gasteiger partial charge in [0, 0.05) is 34.3 Å². The molecule has 0 N–H and O–H groups in total. The summed E-state index contributed by atoms with van der Waals surface area (Å²) in [5.74, 6) is -2.50. The molecule has 10 nitrogen and oxygen atoms in total. The van der Waals surface area contributed by atoms with E-state index in [1.807, 2.05) is 0 Å². The van der Waals surface area contributed by atoms with Gasteiger partial charge in [0.05, 0.1) is 0 Å². The summed E-state index contributed by atoms with van der Waals surface area (Å²) in [4.78, 5) is 46.3. The van der Waals surface area contributed by atoms with Crippen LogP contribution in [0.3, 0.4) is 0 Å². The van der Waals surface area contributed by atoms with Crippen LogP contribution in [0.5, 0.6) is 0 Å². The number of hydrogen-bond acceptors (Lipinski definition) is 10. The Morgan fingerprint density at radius 2 is 1.38 bits per heavy atom. The van der Waals surface area contributed by atoms with Crippen molar-refractivity contribution in [3.05, 3.63) is 0 Å². The van der Waals surface area contributed by atoms with E-state index in [1.54, 1.807) is 0 Å². The Labute approximate surface area is 189 Å². The summed E-state index contributed by atoms with van der Waals surface area (Å²) in [5, 5.41) is 0. The first-order valence-corrected chi connectivity index (χ1v) is 11.1. The van der Waals surface area contributed by atoms with Crippen LogP contribution in [-0.2, 0) is 47.6 Å². The van der Waals surface area contributed by atoms with Gasteiger partial charge in [0.15, 0.2) is 24.6 Å². The molecule has 0 aliphatic carbocycles. The lowest BCUT2D eigenvalue weighted by Gasteiger charge is -2.27. The minimum Gasteiger partial charge on any atom is -0.462 e. The molecule has 0 spiro atoms. The van der Waals surface area contributed by atoms with Crippen molar-refractivity contribution >= 4 is 23.9 Å². The standard InChI is InChI=1S/C22H36O10/c1-6-7-8-9-10-11-12-27-22-21(31-17(5)26)20(30-16(4)25)19(32-22)18(29-15(3)24)13-28-14(2)23/h18-22H,6-13H2,1-5H3. The van der Waals surface area contributed by atoms with E-state index >= 15 is 0 Å². The van der Waals surface area contributed by atoms with E-state index in [-0.39, 0.29) is 6.61 Å². The van der Waals surface area contributed by atoms with Crippen LogP contribution in [0.25, 0.3) is 0 Å². The van der Waals surface area contributed by atoms with Crippen LogP contribution in [-0.4, -0.2) is 67.8 Å². The van der Waals surface area contributed by atoms with Crippen molar-refractivity contribution in [2.75, 3.05) is 13.2 Å². The molecule has 0 aromatic heterocycles. The van der Waals surface area contributed by atoms with Crippen molar-refractivity contribution in [3.8, 4) is 0 Å². The van der Waals surface area contributed by atoms with E-state index in [4.69, 9.17) is 28.4 Å². The predicted octanol–water partition coefficient (Wildman–Crippen LogP) is 2.45. The van der Waals surface area contributed by atoms with Crippen molar-refractivity contribution in [2.45, 2.75) is 104 Å². The molecule has 32 heavy (non-hydrogen) atoms. The molecule has 0 radical (unpaired) electrons. The van der Waals surface area contributed by atoms with E-state index < -0.39 is 54.6 Å². The zero-order valence-corrected chi connectivity index (χ0v) is 19.6. The number of rotatable bonds is 14. The van der Waals surface area contributed by atoms with Crippen LogP contribution in [0.15, 0.2) is 0 Å². The molecule has 1 heterocycles. The van der Waals surface area contributed by atoms with E-state index in [0.29, 0.717) is 6.61 Å². The number of carbonyl (C=O) groups is 4. The normalized spacial score (nSPS) is 23.3. The Hall–Kier alpha value is -2.20. The first kappa shape index (κ1) is 27.8. The summed E-state index contributed by atoms with van der Waals surface area (Å²) in [6, 6.07) is 0. The zero-order valence-electron chi connectivity index (χ0n) is 19.6. The first-order valence-electron chi connectivity index (χ1n) is 11.1. The minimum absolute atomic E-state index is 0.325. The zero-order chi connectivity index (χ0) is 24.1. The number of ether oxygens (including phenoxy) is 6. The van der Waals surface area contributed by atoms with Gasteiger partial charge in [0.25, 0.3) is 0 Å². The van der Waals surface area contributed by atoms with Crippen LogP contribution >= 0.6 is 0 Å². The Morgan fingerprint density at radius 3 is 1.94 bits per heavy atom. The summed E-state index contributed by atoms with van der Waals surface area (Å²) in [6.45, 7) is 6.97. The fraction of sp³-hybridized carbons (Fsp3) is 0.818. The van der Waals surface area contributed by atoms with Crippen LogP contribution in [0.4, 0.5) is 0 Å². The lowest BCUT2D eigenvalue weighted by molar-refractivity contribution is -0.199. The number of esters is 4. The number of unbranched alkanes of at least 4 members (excludes halogenated alkanes) is 5. The highest BCUT2D eigenvalue weighted by Crippen LogP contribution is 2.31. The first-order chi connectivity index (χ1) is 15.1. The third-order valence-corrected chi connectivity index (χ3v) is 4.73. The van der Waals surface area contributed by atoms with Gasteiger partial charge in [-0.05, 0) is 6.42 Å². The van der Waals surface area contributed by atoms with Gasteiger partial charge in [-0.3, -0.25) is 19.2 Å². The second kappa shape index (κ2) is 14.8. The van der Waals surface area contributed by atoms with Gasteiger partial charge in [-0.1, -0.05) is 39.0 Å². The van der Waals surface area contributed by atoms with Crippen molar-refractivity contribution in [1.29, 1.82) is 0 Å². The molecule has 1 fully saturated rings. The Kier molecular flexibility index (Phi) is 12.9. The van der Waals surface area contributed by atoms with Gasteiger partial charge in [0.2, 0.25) is 0 Å². The highest BCUT2D eigenvalue weighted by atomic mass is 16.7. The van der Waals surface area contributed by atoms with Gasteiger partial charge in [-0.2, -0.15) is 0 Å². The van der Waals surface area contributed by atoms with Crippen molar-refractivity contribution in [3.63, 3.8) is 0 Å². The molecule has 0 bridgehead atoms. The molecular weight excluding hydrogens is 424 g/mol. The summed E-state index contributed by atoms with van der Waals surface area (Å²) in [7, 11) is 0. The van der Waals surface area contributed by atoms with Gasteiger partial charge in [-0.25, -0.2) is 0 Å². The van der Waals surface area contributed by atoms with Crippen LogP contribution in [0.1, 0.15) is 73.1 Å². The SMILES string of the molecule is CCCCCCCCOC1OC(C(COC(C)=O)OC(C)=O)C(OC(C)=O)C1OC(C)=O. The topological polar surface area (TPSA) is 124 Å². The average Bonchev–Trinajstić information content (AvgIpc) is 3.00. The Morgan fingerprint density at radius 1 is 0.781 bits per heavy atom. The third-order valence-electron chi connectivity index (χ3n) is 4.73. The van der Waals surface area contributed by atoms with E-state index in [9.17, 15) is 19.2 Å². The van der Waals surface area contributed by atoms with Crippen LogP contribution in [0.2, 0.25) is 0 Å². The molecular formula is C22H36O10. The maximum atomic E-state index is 11.7. The Bertz CT molecular complexity index is 620. The molecule has 5 unspecified atom stereocenters. The molecule has 1 rings (SSSR count). The summed E-state index contributed by atoms with van der Waals surface area (Å²) in [6.07, 6.45) is 0.947. The molecule has 1 aliphatic heterocycles. The van der Waals surface area contributed by atoms with Gasteiger partial charge < -0.3 is 28.4 Å². The molecule has 1 saturated heterocycles. The van der Waals surface area contributed by atoms with Crippen molar-refractivity contribution in [2.24, 2.45) is 0 Å². The smallest absolute Gasteiger partial charge is 0.303 e. The second-order valence-electron chi connectivity index (χ2n) is 7.71. The lowest BCUT2D eigenvalue weighted by Crippen LogP contribution is -2.46. The minimum atomic E-state index is -1.12. The maximum Gasteiger partial charge on any atom is 0.303 e. The molecule has 10 heteroatoms. The quantitative estimate of drug-likeness (QED) is 0.217. The Balaban J connectivity index is 2.94. The van der Waals surface area contributed by atoms with Crippen LogP contribution < -0.4 is 0 Å². The largest absolute Gasteiger partial charge is 0.462 e. The molecule has 184 valence electrons. The molecule has 0 amide bonds. The highest BCUT2D eigenvalue weighted by molar-refractivity contribution is 5.68. The number of hydrogen-bond donors (Lipinski definition) is 0. The van der Waals surface area contributed by atoms with E-state index in [2.05, 4.69) is 6.92 Å². The lowest BCUT2D eigenvalue weighted by atomic mass is 10.1. The summed E-state index contributed by atoms with van der Waals surface area (Å²) >= 11 is 0. The molecule has 5 atom stereocenters. The summed E-state index contributed by atoms with van der Waals surface area (Å²) in [5.41, 5.74) is 0. The van der Waals surface area contributed by atoms with Crippen LogP contribution in [0, 0.1) is 0 Å². The monoisotopic (exact) mass is 460 g/mol. The predicted molar refractivity (Wildman–Crippen MR) is 111 cm³/mol. The fourth-order valence-corrected chi connectivity index (χ4v) is 3.42. The van der Waals surface area contributed by atoms with Crippen molar-refractivity contribution in [1.82, 2.24) is 0 Å². The van der Waals surface area contributed by atoms with Gasteiger partial charge in [0.1, 0.15) is 12.7 Å². The fourth-order valence-electron chi connectivity index (χ4n) is 3.42. The van der Waals surface area contributed by atoms with E-state index in [0.717, 1.165) is 32.1 Å². The summed E-state index contributed by atoms with van der Waals surface area (Å²) < 4.78 is 32.6. The second-order valence-corrected chi connectivity index (χ2v) is 7.71. The molecule has 0 saturated carbocycles.